The smallest absolute Gasteiger partial charge is 0.256 e. The van der Waals surface area contributed by atoms with Crippen molar-refractivity contribution < 1.29 is 9.59 Å². The lowest BCUT2D eigenvalue weighted by atomic mass is 10.0. The Morgan fingerprint density at radius 1 is 0.828 bits per heavy atom. The molecule has 0 bridgehead atoms. The van der Waals surface area contributed by atoms with Crippen LogP contribution in [0, 0.1) is 20.8 Å². The first-order valence-electron chi connectivity index (χ1n) is 9.49. The van der Waals surface area contributed by atoms with E-state index in [1.165, 1.54) is 5.56 Å². The Kier molecular flexibility index (Phi) is 6.02. The van der Waals surface area contributed by atoms with Gasteiger partial charge in [-0.2, -0.15) is 0 Å². The van der Waals surface area contributed by atoms with Gasteiger partial charge in [0.15, 0.2) is 0 Å². The van der Waals surface area contributed by atoms with Gasteiger partial charge in [0.2, 0.25) is 0 Å². The van der Waals surface area contributed by atoms with Gasteiger partial charge >= 0.3 is 0 Å². The van der Waals surface area contributed by atoms with Crippen molar-refractivity contribution in [2.75, 3.05) is 10.6 Å². The molecule has 0 aliphatic carbocycles. The molecule has 6 nitrogen and oxygen atoms in total. The Hall–Kier alpha value is -3.54. The number of carbonyl (C=O) groups is 2. The molecule has 0 saturated carbocycles. The van der Waals surface area contributed by atoms with Gasteiger partial charge in [0.25, 0.3) is 11.8 Å². The second kappa shape index (κ2) is 8.65. The van der Waals surface area contributed by atoms with Crippen molar-refractivity contribution in [1.29, 1.82) is 0 Å². The highest BCUT2D eigenvalue weighted by Crippen LogP contribution is 2.19. The second-order valence-electron chi connectivity index (χ2n) is 6.95. The zero-order valence-electron chi connectivity index (χ0n) is 17.0. The van der Waals surface area contributed by atoms with Crippen LogP contribution in [0.4, 0.5) is 11.4 Å². The fraction of sp³-hybridized carbons (Fsp3) is 0.217. The van der Waals surface area contributed by atoms with E-state index < -0.39 is 0 Å². The van der Waals surface area contributed by atoms with Gasteiger partial charge in [0.1, 0.15) is 5.82 Å². The summed E-state index contributed by atoms with van der Waals surface area (Å²) in [4.78, 5) is 33.5. The van der Waals surface area contributed by atoms with Gasteiger partial charge in [-0.1, -0.05) is 19.1 Å². The third kappa shape index (κ3) is 4.85. The minimum absolute atomic E-state index is 0.207. The Bertz CT molecular complexity index is 1060. The molecule has 0 atom stereocenters. The monoisotopic (exact) mass is 388 g/mol. The number of rotatable bonds is 5. The molecule has 6 heteroatoms. The molecule has 1 heterocycles. The number of amides is 2. The molecule has 0 aliphatic rings. The number of hydrogen-bond acceptors (Lipinski definition) is 4. The van der Waals surface area contributed by atoms with E-state index >= 15 is 0 Å². The van der Waals surface area contributed by atoms with Crippen LogP contribution in [0.25, 0.3) is 0 Å². The summed E-state index contributed by atoms with van der Waals surface area (Å²) in [7, 11) is 0. The largest absolute Gasteiger partial charge is 0.322 e. The topological polar surface area (TPSA) is 84.0 Å². The van der Waals surface area contributed by atoms with Crippen LogP contribution >= 0.6 is 0 Å². The Labute approximate surface area is 170 Å². The van der Waals surface area contributed by atoms with Crippen LogP contribution in [0.1, 0.15) is 50.2 Å². The predicted octanol–water partition coefficient (Wildman–Crippen LogP) is 4.47. The summed E-state index contributed by atoms with van der Waals surface area (Å²) in [5.41, 5.74) is 5.25. The van der Waals surface area contributed by atoms with Crippen molar-refractivity contribution in [3.63, 3.8) is 0 Å². The second-order valence-corrected chi connectivity index (χ2v) is 6.95. The van der Waals surface area contributed by atoms with Gasteiger partial charge in [-0.25, -0.2) is 9.97 Å². The van der Waals surface area contributed by atoms with Crippen LogP contribution in [-0.2, 0) is 6.42 Å². The fourth-order valence-corrected chi connectivity index (χ4v) is 3.00. The number of hydrogen-bond donors (Lipinski definition) is 2. The van der Waals surface area contributed by atoms with E-state index in [-0.39, 0.29) is 11.8 Å². The SMILES string of the molecule is CCc1cc(C(=O)Nc2ccc(C)c(C(=O)Nc3cnc(C)nc3)c2)ccc1C. The van der Waals surface area contributed by atoms with Crippen molar-refractivity contribution in [3.8, 4) is 0 Å². The van der Waals surface area contributed by atoms with Crippen LogP contribution in [0.15, 0.2) is 48.8 Å². The molecule has 0 spiro atoms. The van der Waals surface area contributed by atoms with Crippen molar-refractivity contribution in [1.82, 2.24) is 9.97 Å². The highest BCUT2D eigenvalue weighted by Gasteiger charge is 2.13. The standard InChI is InChI=1S/C23H24N4O2/c1-5-17-10-18(8-6-14(17)2)22(28)26-19-9-7-15(3)21(11-19)23(29)27-20-12-24-16(4)25-13-20/h6-13H,5H2,1-4H3,(H,26,28)(H,27,29). The molecule has 3 aromatic rings. The molecular weight excluding hydrogens is 364 g/mol. The summed E-state index contributed by atoms with van der Waals surface area (Å²) in [6.45, 7) is 7.72. The number of benzene rings is 2. The maximum atomic E-state index is 12.7. The van der Waals surface area contributed by atoms with Crippen LogP contribution in [-0.4, -0.2) is 21.8 Å². The molecule has 0 saturated heterocycles. The number of anilines is 2. The summed E-state index contributed by atoms with van der Waals surface area (Å²) >= 11 is 0. The lowest BCUT2D eigenvalue weighted by Crippen LogP contribution is -2.16. The van der Waals surface area contributed by atoms with Gasteiger partial charge < -0.3 is 10.6 Å². The summed E-state index contributed by atoms with van der Waals surface area (Å²) in [5.74, 6) is 0.141. The van der Waals surface area contributed by atoms with Crippen molar-refractivity contribution in [3.05, 3.63) is 82.4 Å². The Balaban J connectivity index is 1.78. The fourth-order valence-electron chi connectivity index (χ4n) is 3.00. The van der Waals surface area contributed by atoms with E-state index in [0.29, 0.717) is 28.3 Å². The van der Waals surface area contributed by atoms with Crippen molar-refractivity contribution in [2.45, 2.75) is 34.1 Å². The molecule has 1 aromatic heterocycles. The van der Waals surface area contributed by atoms with Gasteiger partial charge in [-0.15, -0.1) is 0 Å². The first-order valence-corrected chi connectivity index (χ1v) is 9.49. The van der Waals surface area contributed by atoms with Crippen LogP contribution in [0.5, 0.6) is 0 Å². The summed E-state index contributed by atoms with van der Waals surface area (Å²) in [6, 6.07) is 10.9. The van der Waals surface area contributed by atoms with Crippen molar-refractivity contribution in [2.24, 2.45) is 0 Å². The number of aromatic nitrogens is 2. The molecule has 0 fully saturated rings. The molecule has 2 amide bonds. The first-order chi connectivity index (χ1) is 13.9. The molecule has 2 N–H and O–H groups in total. The quantitative estimate of drug-likeness (QED) is 0.675. The average molecular weight is 388 g/mol. The lowest BCUT2D eigenvalue weighted by Gasteiger charge is -2.12. The number of aryl methyl sites for hydroxylation is 4. The zero-order valence-corrected chi connectivity index (χ0v) is 17.0. The minimum Gasteiger partial charge on any atom is -0.322 e. The number of carbonyl (C=O) groups excluding carboxylic acids is 2. The highest BCUT2D eigenvalue weighted by molar-refractivity contribution is 6.08. The molecule has 3 rings (SSSR count). The molecule has 2 aromatic carbocycles. The molecular formula is C23H24N4O2. The number of nitrogens with one attached hydrogen (secondary N) is 2. The van der Waals surface area contributed by atoms with Gasteiger partial charge in [0, 0.05) is 16.8 Å². The molecule has 0 aliphatic heterocycles. The molecule has 148 valence electrons. The van der Waals surface area contributed by atoms with E-state index in [1.807, 2.05) is 38.1 Å². The highest BCUT2D eigenvalue weighted by atomic mass is 16.2. The third-order valence-corrected chi connectivity index (χ3v) is 4.77. The van der Waals surface area contributed by atoms with Crippen LogP contribution < -0.4 is 10.6 Å². The molecule has 0 radical (unpaired) electrons. The van der Waals surface area contributed by atoms with E-state index in [2.05, 4.69) is 27.5 Å². The van der Waals surface area contributed by atoms with Crippen molar-refractivity contribution >= 4 is 23.2 Å². The normalized spacial score (nSPS) is 10.5. The summed E-state index contributed by atoms with van der Waals surface area (Å²) in [6.07, 6.45) is 3.98. The zero-order chi connectivity index (χ0) is 21.0. The van der Waals surface area contributed by atoms with Gasteiger partial charge in [0.05, 0.1) is 18.1 Å². The van der Waals surface area contributed by atoms with E-state index in [4.69, 9.17) is 0 Å². The maximum Gasteiger partial charge on any atom is 0.256 e. The van der Waals surface area contributed by atoms with Gasteiger partial charge in [-0.05, 0) is 68.1 Å². The first kappa shape index (κ1) is 20.2. The third-order valence-electron chi connectivity index (χ3n) is 4.77. The van der Waals surface area contributed by atoms with Crippen LogP contribution in [0.3, 0.4) is 0 Å². The van der Waals surface area contributed by atoms with E-state index in [1.54, 1.807) is 31.5 Å². The van der Waals surface area contributed by atoms with Crippen LogP contribution in [0.2, 0.25) is 0 Å². The average Bonchev–Trinajstić information content (AvgIpc) is 2.71. The predicted molar refractivity (Wildman–Crippen MR) is 114 cm³/mol. The van der Waals surface area contributed by atoms with Gasteiger partial charge in [-0.3, -0.25) is 9.59 Å². The summed E-state index contributed by atoms with van der Waals surface area (Å²) < 4.78 is 0. The van der Waals surface area contributed by atoms with E-state index in [9.17, 15) is 9.59 Å². The Morgan fingerprint density at radius 2 is 1.48 bits per heavy atom. The number of nitrogens with zero attached hydrogens (tertiary/aromatic N) is 2. The molecule has 29 heavy (non-hydrogen) atoms. The minimum atomic E-state index is -0.283. The maximum absolute atomic E-state index is 12.7. The Morgan fingerprint density at radius 3 is 2.17 bits per heavy atom. The van der Waals surface area contributed by atoms with E-state index in [0.717, 1.165) is 17.5 Å². The lowest BCUT2D eigenvalue weighted by molar-refractivity contribution is 0.101. The molecule has 0 unspecified atom stereocenters. The summed E-state index contributed by atoms with van der Waals surface area (Å²) in [5, 5.41) is 5.66.